The van der Waals surface area contributed by atoms with Gasteiger partial charge in [0.1, 0.15) is 5.69 Å². The summed E-state index contributed by atoms with van der Waals surface area (Å²) in [6, 6.07) is 1.50. The van der Waals surface area contributed by atoms with E-state index in [-0.39, 0.29) is 18.2 Å². The van der Waals surface area contributed by atoms with E-state index in [4.69, 9.17) is 5.11 Å². The molecule has 0 saturated carbocycles. The minimum absolute atomic E-state index is 0.00125. The molecule has 8 heteroatoms. The third kappa shape index (κ3) is 5.80. The van der Waals surface area contributed by atoms with Gasteiger partial charge in [0.2, 0.25) is 0 Å². The number of amides is 1. The smallest absolute Gasteiger partial charge is 0.417 e. The van der Waals surface area contributed by atoms with Gasteiger partial charge in [0, 0.05) is 18.7 Å². The average molecular weight is 304 g/mol. The molecule has 116 valence electrons. The molecule has 0 aliphatic rings. The molecule has 1 aromatic heterocycles. The summed E-state index contributed by atoms with van der Waals surface area (Å²) >= 11 is 0. The second kappa shape index (κ2) is 7.05. The van der Waals surface area contributed by atoms with E-state index in [1.165, 1.54) is 0 Å². The van der Waals surface area contributed by atoms with E-state index in [0.717, 1.165) is 12.1 Å². The van der Waals surface area contributed by atoms with E-state index in [1.54, 1.807) is 6.92 Å². The third-order valence-electron chi connectivity index (χ3n) is 2.73. The van der Waals surface area contributed by atoms with Gasteiger partial charge >= 0.3 is 12.1 Å². The molecule has 0 saturated heterocycles. The lowest BCUT2D eigenvalue weighted by Gasteiger charge is -2.13. The fraction of sp³-hybridized carbons (Fsp3) is 0.462. The van der Waals surface area contributed by atoms with Crippen LogP contribution in [-0.2, 0) is 11.0 Å². The predicted molar refractivity (Wildman–Crippen MR) is 67.7 cm³/mol. The number of halogens is 3. The van der Waals surface area contributed by atoms with Crippen LogP contribution in [-0.4, -0.2) is 28.0 Å². The summed E-state index contributed by atoms with van der Waals surface area (Å²) in [5.74, 6) is -1.51. The van der Waals surface area contributed by atoms with Crippen molar-refractivity contribution < 1.29 is 27.9 Å². The van der Waals surface area contributed by atoms with Crippen molar-refractivity contribution >= 4 is 11.9 Å². The lowest BCUT2D eigenvalue weighted by molar-refractivity contribution is -0.138. The van der Waals surface area contributed by atoms with Crippen molar-refractivity contribution in [2.24, 2.45) is 0 Å². The van der Waals surface area contributed by atoms with Crippen LogP contribution in [0.15, 0.2) is 18.3 Å². The molecular weight excluding hydrogens is 289 g/mol. The van der Waals surface area contributed by atoms with Gasteiger partial charge in [-0.15, -0.1) is 0 Å². The van der Waals surface area contributed by atoms with Crippen molar-refractivity contribution in [3.05, 3.63) is 29.6 Å². The second-order valence-corrected chi connectivity index (χ2v) is 4.59. The van der Waals surface area contributed by atoms with Gasteiger partial charge in [0.15, 0.2) is 0 Å². The quantitative estimate of drug-likeness (QED) is 0.846. The van der Waals surface area contributed by atoms with Crippen molar-refractivity contribution in [1.82, 2.24) is 10.3 Å². The Balaban J connectivity index is 2.53. The van der Waals surface area contributed by atoms with Crippen LogP contribution in [0, 0.1) is 0 Å². The van der Waals surface area contributed by atoms with Gasteiger partial charge in [0.25, 0.3) is 5.91 Å². The number of pyridine rings is 1. The van der Waals surface area contributed by atoms with Crippen molar-refractivity contribution in [3.63, 3.8) is 0 Å². The fourth-order valence-electron chi connectivity index (χ4n) is 1.63. The second-order valence-electron chi connectivity index (χ2n) is 4.59. The third-order valence-corrected chi connectivity index (χ3v) is 2.73. The maximum atomic E-state index is 12.3. The number of carbonyl (C=O) groups is 2. The Morgan fingerprint density at radius 3 is 2.52 bits per heavy atom. The molecule has 0 aromatic carbocycles. The summed E-state index contributed by atoms with van der Waals surface area (Å²) in [4.78, 5) is 25.6. The zero-order valence-corrected chi connectivity index (χ0v) is 11.3. The van der Waals surface area contributed by atoms with Crippen LogP contribution in [0.5, 0.6) is 0 Å². The van der Waals surface area contributed by atoms with Crippen LogP contribution < -0.4 is 5.32 Å². The Labute approximate surface area is 119 Å². The molecule has 1 rings (SSSR count). The van der Waals surface area contributed by atoms with E-state index >= 15 is 0 Å². The van der Waals surface area contributed by atoms with Gasteiger partial charge in [-0.05, 0) is 31.9 Å². The van der Waals surface area contributed by atoms with Crippen LogP contribution in [0.3, 0.4) is 0 Å². The molecule has 0 aliphatic carbocycles. The van der Waals surface area contributed by atoms with Crippen molar-refractivity contribution in [2.75, 3.05) is 0 Å². The lowest BCUT2D eigenvalue weighted by atomic mass is 10.1. The van der Waals surface area contributed by atoms with E-state index < -0.39 is 23.6 Å². The summed E-state index contributed by atoms with van der Waals surface area (Å²) < 4.78 is 37.0. The van der Waals surface area contributed by atoms with E-state index in [2.05, 4.69) is 10.3 Å². The van der Waals surface area contributed by atoms with Gasteiger partial charge in [0.05, 0.1) is 5.56 Å². The normalized spacial score (nSPS) is 12.8. The molecule has 0 aliphatic heterocycles. The molecule has 1 atom stereocenters. The highest BCUT2D eigenvalue weighted by Crippen LogP contribution is 2.28. The first-order valence-electron chi connectivity index (χ1n) is 6.26. The number of nitrogens with zero attached hydrogens (tertiary/aromatic N) is 1. The number of hydrogen-bond donors (Lipinski definition) is 2. The fourth-order valence-corrected chi connectivity index (χ4v) is 1.63. The first kappa shape index (κ1) is 16.9. The molecule has 1 aromatic rings. The Hall–Kier alpha value is -2.12. The molecular formula is C13H15F3N2O3. The molecule has 21 heavy (non-hydrogen) atoms. The summed E-state index contributed by atoms with van der Waals surface area (Å²) in [7, 11) is 0. The summed E-state index contributed by atoms with van der Waals surface area (Å²) in [5, 5.41) is 11.0. The maximum absolute atomic E-state index is 12.3. The summed E-state index contributed by atoms with van der Waals surface area (Å²) in [5.41, 5.74) is -1.04. The average Bonchev–Trinajstić information content (AvgIpc) is 2.37. The topological polar surface area (TPSA) is 79.3 Å². The molecule has 2 N–H and O–H groups in total. The zero-order valence-electron chi connectivity index (χ0n) is 11.3. The first-order valence-corrected chi connectivity index (χ1v) is 6.26. The maximum Gasteiger partial charge on any atom is 0.417 e. The molecule has 5 nitrogen and oxygen atoms in total. The SMILES string of the molecule is CC(CCCC(=O)O)NC(=O)c1ccc(C(F)(F)F)cn1. The van der Waals surface area contributed by atoms with Gasteiger partial charge in [-0.2, -0.15) is 13.2 Å². The van der Waals surface area contributed by atoms with Crippen LogP contribution >= 0.6 is 0 Å². The van der Waals surface area contributed by atoms with Gasteiger partial charge in [-0.3, -0.25) is 14.6 Å². The monoisotopic (exact) mass is 304 g/mol. The van der Waals surface area contributed by atoms with Gasteiger partial charge < -0.3 is 10.4 Å². The zero-order chi connectivity index (χ0) is 16.0. The molecule has 0 fully saturated rings. The number of aromatic nitrogens is 1. The molecule has 1 heterocycles. The van der Waals surface area contributed by atoms with E-state index in [9.17, 15) is 22.8 Å². The van der Waals surface area contributed by atoms with Gasteiger partial charge in [-0.25, -0.2) is 0 Å². The van der Waals surface area contributed by atoms with Crippen molar-refractivity contribution in [1.29, 1.82) is 0 Å². The highest BCUT2D eigenvalue weighted by atomic mass is 19.4. The van der Waals surface area contributed by atoms with Crippen LogP contribution in [0.4, 0.5) is 13.2 Å². The number of rotatable bonds is 6. The summed E-state index contributed by atoms with van der Waals surface area (Å²) in [6.45, 7) is 1.68. The summed E-state index contributed by atoms with van der Waals surface area (Å²) in [6.07, 6.45) is -3.04. The number of alkyl halides is 3. The Morgan fingerprint density at radius 2 is 2.05 bits per heavy atom. The highest BCUT2D eigenvalue weighted by molar-refractivity contribution is 5.92. The largest absolute Gasteiger partial charge is 0.481 e. The number of aliphatic carboxylic acids is 1. The molecule has 0 radical (unpaired) electrons. The Kier molecular flexibility index (Phi) is 5.69. The van der Waals surface area contributed by atoms with Crippen LogP contribution in [0.1, 0.15) is 42.2 Å². The number of carboxylic acid groups (broad SMARTS) is 1. The molecule has 0 spiro atoms. The molecule has 1 unspecified atom stereocenters. The van der Waals surface area contributed by atoms with Crippen molar-refractivity contribution in [3.8, 4) is 0 Å². The standard InChI is InChI=1S/C13H15F3N2O3/c1-8(3-2-4-11(19)20)18-12(21)10-6-5-9(7-17-10)13(14,15)16/h5-8H,2-4H2,1H3,(H,18,21)(H,19,20). The van der Waals surface area contributed by atoms with Gasteiger partial charge in [-0.1, -0.05) is 0 Å². The van der Waals surface area contributed by atoms with E-state index in [1.807, 2.05) is 0 Å². The lowest BCUT2D eigenvalue weighted by Crippen LogP contribution is -2.33. The number of hydrogen-bond acceptors (Lipinski definition) is 3. The van der Waals surface area contributed by atoms with E-state index in [0.29, 0.717) is 19.0 Å². The minimum atomic E-state index is -4.49. The number of nitrogens with one attached hydrogen (secondary N) is 1. The Bertz CT molecular complexity index is 500. The highest BCUT2D eigenvalue weighted by Gasteiger charge is 2.30. The van der Waals surface area contributed by atoms with Crippen LogP contribution in [0.2, 0.25) is 0 Å². The van der Waals surface area contributed by atoms with Crippen molar-refractivity contribution in [2.45, 2.75) is 38.4 Å². The first-order chi connectivity index (χ1) is 9.70. The predicted octanol–water partition coefficient (Wildman–Crippen LogP) is 2.47. The molecule has 1 amide bonds. The number of carbonyl (C=O) groups excluding carboxylic acids is 1. The number of carboxylic acids is 1. The molecule has 0 bridgehead atoms. The Morgan fingerprint density at radius 1 is 1.38 bits per heavy atom. The van der Waals surface area contributed by atoms with Crippen LogP contribution in [0.25, 0.3) is 0 Å². The minimum Gasteiger partial charge on any atom is -0.481 e.